The van der Waals surface area contributed by atoms with Crippen LogP contribution >= 0.6 is 0 Å². The van der Waals surface area contributed by atoms with Crippen molar-refractivity contribution >= 4 is 28.6 Å². The van der Waals surface area contributed by atoms with E-state index in [0.717, 1.165) is 24.0 Å². The van der Waals surface area contributed by atoms with E-state index in [9.17, 15) is 19.8 Å². The van der Waals surface area contributed by atoms with E-state index in [4.69, 9.17) is 4.16 Å². The van der Waals surface area contributed by atoms with Crippen molar-refractivity contribution in [2.45, 2.75) is 66.2 Å². The van der Waals surface area contributed by atoms with Gasteiger partial charge in [-0.25, -0.2) is 0 Å². The topological polar surface area (TPSA) is 100 Å². The number of aliphatic carboxylic acids is 2. The third-order valence-corrected chi connectivity index (χ3v) is 4.95. The SMILES string of the molecule is CC(C)Cc1ccc(C(C)C(=O)[O-])cc1.CC(C)Cc1ccc(C(C)C(=O)[O-])cc1.[OH][Al+2]. The Morgan fingerprint density at radius 2 is 0.906 bits per heavy atom. The van der Waals surface area contributed by atoms with Crippen LogP contribution in [0.2, 0.25) is 0 Å². The molecule has 2 atom stereocenters. The maximum atomic E-state index is 10.7. The molecule has 0 saturated carbocycles. The Hall–Kier alpha value is -2.13. The molecule has 0 saturated heterocycles. The molecule has 0 amide bonds. The van der Waals surface area contributed by atoms with Gasteiger partial charge < -0.3 is 19.8 Å². The molecule has 0 fully saturated rings. The van der Waals surface area contributed by atoms with Crippen LogP contribution in [-0.4, -0.2) is 32.7 Å². The van der Waals surface area contributed by atoms with Crippen molar-refractivity contribution in [3.05, 3.63) is 70.8 Å². The Balaban J connectivity index is 0.000000557. The second-order valence-electron chi connectivity index (χ2n) is 8.76. The summed E-state index contributed by atoms with van der Waals surface area (Å²) in [5.41, 5.74) is 4.11. The Morgan fingerprint density at radius 1 is 0.656 bits per heavy atom. The molecule has 0 aromatic heterocycles. The standard InChI is InChI=1S/2C13H18O2.Al.H2O/c2*1-9(2)8-11-4-6-12(7-5-11)10(3)13(14)15;;/h2*4-7,9-10H,8H2,1-3H3,(H,14,15);;1H2/q;;+3;/p-3. The molecule has 2 aromatic carbocycles. The van der Waals surface area contributed by atoms with Crippen LogP contribution in [0.4, 0.5) is 0 Å². The molecule has 0 aliphatic carbocycles. The van der Waals surface area contributed by atoms with Crippen molar-refractivity contribution in [1.29, 1.82) is 0 Å². The van der Waals surface area contributed by atoms with E-state index in [-0.39, 0.29) is 0 Å². The predicted octanol–water partition coefficient (Wildman–Crippen LogP) is 2.54. The fraction of sp³-hybridized carbons (Fsp3) is 0.462. The van der Waals surface area contributed by atoms with Gasteiger partial charge in [-0.15, -0.1) is 0 Å². The zero-order valence-electron chi connectivity index (χ0n) is 20.0. The molecular formula is C26H35AlO5. The summed E-state index contributed by atoms with van der Waals surface area (Å²) in [6, 6.07) is 15.5. The zero-order chi connectivity index (χ0) is 24.8. The second kappa shape index (κ2) is 15.6. The molecule has 0 aliphatic rings. The van der Waals surface area contributed by atoms with E-state index in [2.05, 4.69) is 27.7 Å². The molecule has 0 aliphatic heterocycles. The van der Waals surface area contributed by atoms with Crippen LogP contribution in [0.1, 0.15) is 75.6 Å². The monoisotopic (exact) mass is 454 g/mol. The number of carboxylic acids is 2. The van der Waals surface area contributed by atoms with E-state index in [1.54, 1.807) is 13.8 Å². The quantitative estimate of drug-likeness (QED) is 0.618. The molecule has 2 unspecified atom stereocenters. The summed E-state index contributed by atoms with van der Waals surface area (Å²) in [6.07, 6.45) is 2.06. The van der Waals surface area contributed by atoms with Crippen LogP contribution < -0.4 is 10.2 Å². The van der Waals surface area contributed by atoms with E-state index >= 15 is 0 Å². The van der Waals surface area contributed by atoms with Crippen molar-refractivity contribution in [1.82, 2.24) is 0 Å². The summed E-state index contributed by atoms with van der Waals surface area (Å²) in [7, 11) is 0. The molecule has 172 valence electrons. The molecule has 1 N–H and O–H groups in total. The number of carbonyl (C=O) groups excluding carboxylic acids is 2. The third-order valence-electron chi connectivity index (χ3n) is 4.95. The fourth-order valence-electron chi connectivity index (χ4n) is 3.10. The molecule has 6 heteroatoms. The van der Waals surface area contributed by atoms with Gasteiger partial charge in [0.1, 0.15) is 0 Å². The van der Waals surface area contributed by atoms with Crippen molar-refractivity contribution in [3.8, 4) is 0 Å². The van der Waals surface area contributed by atoms with Gasteiger partial charge in [-0.2, -0.15) is 0 Å². The van der Waals surface area contributed by atoms with E-state index in [1.807, 2.05) is 48.5 Å². The number of rotatable bonds is 8. The van der Waals surface area contributed by atoms with Gasteiger partial charge in [-0.1, -0.05) is 90.1 Å². The molecule has 2 rings (SSSR count). The number of hydrogen-bond acceptors (Lipinski definition) is 5. The first kappa shape index (κ1) is 29.9. The van der Waals surface area contributed by atoms with Crippen LogP contribution in [0.15, 0.2) is 48.5 Å². The fourth-order valence-corrected chi connectivity index (χ4v) is 3.10. The second-order valence-corrected chi connectivity index (χ2v) is 8.76. The third kappa shape index (κ3) is 11.5. The summed E-state index contributed by atoms with van der Waals surface area (Å²) in [5, 5.41) is 21.3. The van der Waals surface area contributed by atoms with Crippen LogP contribution in [0.3, 0.4) is 0 Å². The summed E-state index contributed by atoms with van der Waals surface area (Å²) >= 11 is 1.42. The molecule has 0 bridgehead atoms. The van der Waals surface area contributed by atoms with Gasteiger partial charge in [0.15, 0.2) is 0 Å². The Bertz CT molecular complexity index is 728. The first-order chi connectivity index (χ1) is 15.0. The van der Waals surface area contributed by atoms with Crippen LogP contribution in [-0.2, 0) is 22.4 Å². The molecule has 2 aromatic rings. The Kier molecular flexibility index (Phi) is 14.6. The number of carboxylic acid groups (broad SMARTS) is 2. The Morgan fingerprint density at radius 3 is 1.09 bits per heavy atom. The normalized spacial score (nSPS) is 12.2. The molecule has 0 radical (unpaired) electrons. The Labute approximate surface area is 201 Å². The molecule has 5 nitrogen and oxygen atoms in total. The van der Waals surface area contributed by atoms with Gasteiger partial charge >= 0.3 is 20.8 Å². The zero-order valence-corrected chi connectivity index (χ0v) is 21.2. The predicted molar refractivity (Wildman–Crippen MR) is 125 cm³/mol. The van der Waals surface area contributed by atoms with Gasteiger partial charge in [-0.3, -0.25) is 0 Å². The van der Waals surface area contributed by atoms with Crippen LogP contribution in [0.5, 0.6) is 0 Å². The molecule has 0 spiro atoms. The average Bonchev–Trinajstić information content (AvgIpc) is 2.74. The van der Waals surface area contributed by atoms with Gasteiger partial charge in [0.25, 0.3) is 0 Å². The number of carbonyl (C=O) groups is 2. The van der Waals surface area contributed by atoms with Crippen molar-refractivity contribution in [2.24, 2.45) is 11.8 Å². The van der Waals surface area contributed by atoms with Crippen LogP contribution in [0.25, 0.3) is 0 Å². The molecule has 32 heavy (non-hydrogen) atoms. The molecular weight excluding hydrogens is 419 g/mol. The minimum atomic E-state index is -1.02. The van der Waals surface area contributed by atoms with Crippen molar-refractivity contribution in [2.75, 3.05) is 0 Å². The minimum absolute atomic E-state index is 0.530. The summed E-state index contributed by atoms with van der Waals surface area (Å²) in [6.45, 7) is 11.9. The summed E-state index contributed by atoms with van der Waals surface area (Å²) < 4.78 is 6.92. The average molecular weight is 455 g/mol. The van der Waals surface area contributed by atoms with Gasteiger partial charge in [0.05, 0.1) is 0 Å². The molecule has 0 heterocycles. The first-order valence-corrected chi connectivity index (χ1v) is 11.4. The van der Waals surface area contributed by atoms with Crippen LogP contribution in [0, 0.1) is 11.8 Å². The van der Waals surface area contributed by atoms with E-state index < -0.39 is 23.8 Å². The van der Waals surface area contributed by atoms with Crippen molar-refractivity contribution in [3.63, 3.8) is 0 Å². The van der Waals surface area contributed by atoms with Gasteiger partial charge in [-0.05, 0) is 46.9 Å². The number of benzene rings is 2. The van der Waals surface area contributed by atoms with E-state index in [1.165, 1.54) is 27.8 Å². The van der Waals surface area contributed by atoms with E-state index in [0.29, 0.717) is 11.8 Å². The summed E-state index contributed by atoms with van der Waals surface area (Å²) in [5.74, 6) is -1.86. The van der Waals surface area contributed by atoms with Gasteiger partial charge in [0.2, 0.25) is 0 Å². The summed E-state index contributed by atoms with van der Waals surface area (Å²) in [4.78, 5) is 21.3. The number of hydrogen-bond donors (Lipinski definition) is 1. The maximum absolute atomic E-state index is 10.7. The van der Waals surface area contributed by atoms with Crippen molar-refractivity contribution < 1.29 is 24.0 Å². The van der Waals surface area contributed by atoms with Gasteiger partial charge in [0, 0.05) is 23.8 Å². The first-order valence-electron chi connectivity index (χ1n) is 10.9.